The summed E-state index contributed by atoms with van der Waals surface area (Å²) in [4.78, 5) is 1.04. The van der Waals surface area contributed by atoms with E-state index in [-0.39, 0.29) is 0 Å². The van der Waals surface area contributed by atoms with Gasteiger partial charge in [0.05, 0.1) is 6.42 Å². The third kappa shape index (κ3) is 8.15. The Morgan fingerprint density at radius 1 is 0.343 bits per heavy atom. The quantitative estimate of drug-likeness (QED) is 0.0386. The molecule has 0 radical (unpaired) electrons. The number of rotatable bonds is 8. The normalized spacial score (nSPS) is 11.6. The van der Waals surface area contributed by atoms with Crippen molar-refractivity contribution in [3.05, 3.63) is 224 Å². The van der Waals surface area contributed by atoms with E-state index in [0.29, 0.717) is 0 Å². The van der Waals surface area contributed by atoms with E-state index < -0.39 is 144 Å². The Morgan fingerprint density at radius 3 is 1.03 bits per heavy atom. The molecule has 0 unspecified atom stereocenters. The van der Waals surface area contributed by atoms with Crippen molar-refractivity contribution in [2.24, 2.45) is 0 Å². The molecule has 70 heavy (non-hydrogen) atoms. The van der Waals surface area contributed by atoms with Gasteiger partial charge in [0.15, 0.2) is 88.2 Å². The maximum absolute atomic E-state index is 15.4. The molecule has 0 saturated heterocycles. The molecule has 0 aliphatic heterocycles. The first kappa shape index (κ1) is 50.8. The highest BCUT2D eigenvalue weighted by atomic mass is 32.1. The Labute approximate surface area is 385 Å². The van der Waals surface area contributed by atoms with Crippen LogP contribution in [0.5, 0.6) is 0 Å². The molecular formula is C47H20BF20NS. The highest BCUT2D eigenvalue weighted by molar-refractivity contribution is 7.80. The van der Waals surface area contributed by atoms with E-state index in [1.807, 2.05) is 6.07 Å². The van der Waals surface area contributed by atoms with Gasteiger partial charge < -0.3 is 0 Å². The van der Waals surface area contributed by atoms with E-state index >= 15 is 35.1 Å². The first-order valence-electron chi connectivity index (χ1n) is 19.5. The molecule has 0 N–H and O–H groups in total. The molecule has 0 atom stereocenters. The van der Waals surface area contributed by atoms with Crippen molar-refractivity contribution < 1.29 is 92.4 Å². The first-order valence-corrected chi connectivity index (χ1v) is 19.9. The van der Waals surface area contributed by atoms with Crippen LogP contribution in [0, 0.1) is 116 Å². The smallest absolute Gasteiger partial charge is 0.200 e. The number of hydrogen-bond donors (Lipinski definition) is 1. The molecule has 1 nitrogen and oxygen atoms in total. The molecule has 0 spiro atoms. The fourth-order valence-corrected chi connectivity index (χ4v) is 8.40. The maximum Gasteiger partial charge on any atom is 0.200 e. The molecular weight excluding hydrogens is 1000 g/mol. The van der Waals surface area contributed by atoms with E-state index in [9.17, 15) is 52.7 Å². The SMILES string of the molecule is Fc1c(F)c(F)c([B-](c2c(F)c(F)c(F)c(F)c2F)(c2c(F)c(F)c(F)c(F)c2F)c2c(F)c(F)c(F)c(F)c2F)c(F)c1F.Sc1ccccc1Cc1c2ccccc2cc[n+]1Cc1ccccc1. The van der Waals surface area contributed by atoms with Gasteiger partial charge in [0.2, 0.25) is 0 Å². The molecule has 0 amide bonds. The van der Waals surface area contributed by atoms with Gasteiger partial charge >= 0.3 is 0 Å². The van der Waals surface area contributed by atoms with E-state index in [1.165, 1.54) is 27.6 Å². The summed E-state index contributed by atoms with van der Waals surface area (Å²) in [7, 11) is 0. The lowest BCUT2D eigenvalue weighted by Gasteiger charge is -2.44. The molecule has 8 rings (SSSR count). The minimum atomic E-state index is -7.22. The van der Waals surface area contributed by atoms with Crippen LogP contribution in [0.25, 0.3) is 10.8 Å². The van der Waals surface area contributed by atoms with E-state index in [1.54, 1.807) is 0 Å². The van der Waals surface area contributed by atoms with Crippen LogP contribution >= 0.6 is 12.6 Å². The Morgan fingerprint density at radius 2 is 0.657 bits per heavy atom. The van der Waals surface area contributed by atoms with Crippen LogP contribution in [0.3, 0.4) is 0 Å². The molecule has 23 heteroatoms. The molecule has 0 bridgehead atoms. The number of fused-ring (bicyclic) bond motifs is 1. The van der Waals surface area contributed by atoms with Gasteiger partial charge in [-0.25, -0.2) is 87.8 Å². The zero-order valence-corrected chi connectivity index (χ0v) is 35.0. The van der Waals surface area contributed by atoms with Crippen molar-refractivity contribution in [1.29, 1.82) is 0 Å². The average molecular weight is 1020 g/mol. The largest absolute Gasteiger partial charge is 0.207 e. The van der Waals surface area contributed by atoms with Crippen molar-refractivity contribution in [1.82, 2.24) is 0 Å². The fourth-order valence-electron chi connectivity index (χ4n) is 8.16. The van der Waals surface area contributed by atoms with E-state index in [2.05, 4.69) is 102 Å². The van der Waals surface area contributed by atoms with Crippen molar-refractivity contribution in [2.75, 3.05) is 0 Å². The summed E-state index contributed by atoms with van der Waals surface area (Å²) in [5.74, 6) is -71.4. The van der Waals surface area contributed by atoms with Gasteiger partial charge in [0, 0.05) is 21.9 Å². The highest BCUT2D eigenvalue weighted by Crippen LogP contribution is 2.31. The van der Waals surface area contributed by atoms with Gasteiger partial charge in [-0.2, -0.15) is 4.57 Å². The lowest BCUT2D eigenvalue weighted by molar-refractivity contribution is -0.693. The number of halogens is 20. The van der Waals surface area contributed by atoms with E-state index in [4.69, 9.17) is 0 Å². The van der Waals surface area contributed by atoms with Crippen LogP contribution in [0.4, 0.5) is 87.8 Å². The number of benzene rings is 7. The zero-order chi connectivity index (χ0) is 51.4. The summed E-state index contributed by atoms with van der Waals surface area (Å²) >= 11 is 4.65. The number of hydrogen-bond acceptors (Lipinski definition) is 1. The van der Waals surface area contributed by atoms with Gasteiger partial charge in [-0.3, -0.25) is 0 Å². The minimum absolute atomic E-state index is 0.869. The lowest BCUT2D eigenvalue weighted by Crippen LogP contribution is -2.81. The van der Waals surface area contributed by atoms with Crippen LogP contribution in [0.1, 0.15) is 16.8 Å². The monoisotopic (exact) mass is 1020 g/mol. The van der Waals surface area contributed by atoms with Gasteiger partial charge in [-0.05, 0) is 23.1 Å². The van der Waals surface area contributed by atoms with Crippen LogP contribution < -0.4 is 26.4 Å². The molecule has 362 valence electrons. The predicted molar refractivity (Wildman–Crippen MR) is 215 cm³/mol. The lowest BCUT2D eigenvalue weighted by atomic mass is 9.12. The third-order valence-corrected chi connectivity index (χ3v) is 11.7. The molecule has 0 aliphatic rings. The van der Waals surface area contributed by atoms with Crippen LogP contribution in [-0.4, -0.2) is 6.15 Å². The third-order valence-electron chi connectivity index (χ3n) is 11.3. The summed E-state index contributed by atoms with van der Waals surface area (Å²) in [6.45, 7) is 0.871. The maximum atomic E-state index is 15.4. The summed E-state index contributed by atoms with van der Waals surface area (Å²) in [5.41, 5.74) is -10.4. The summed E-state index contributed by atoms with van der Waals surface area (Å²) < 4.78 is 296. The highest BCUT2D eigenvalue weighted by Gasteiger charge is 2.52. The predicted octanol–water partition coefficient (Wildman–Crippen LogP) is 10.9. The number of aromatic nitrogens is 1. The summed E-state index contributed by atoms with van der Waals surface area (Å²) in [6, 6.07) is 29.8. The van der Waals surface area contributed by atoms with Gasteiger partial charge in [-0.1, -0.05) is 66.7 Å². The molecule has 7 aromatic carbocycles. The van der Waals surface area contributed by atoms with E-state index in [0.717, 1.165) is 17.9 Å². The first-order chi connectivity index (χ1) is 33.0. The van der Waals surface area contributed by atoms with Crippen molar-refractivity contribution in [2.45, 2.75) is 17.9 Å². The molecule has 0 fully saturated rings. The number of pyridine rings is 1. The van der Waals surface area contributed by atoms with Crippen LogP contribution in [0.2, 0.25) is 0 Å². The molecule has 1 aromatic heterocycles. The zero-order valence-electron chi connectivity index (χ0n) is 34.1. The topological polar surface area (TPSA) is 3.88 Å². The van der Waals surface area contributed by atoms with Crippen LogP contribution in [-0.2, 0) is 13.0 Å². The average Bonchev–Trinajstić information content (AvgIpc) is 3.35. The summed E-state index contributed by atoms with van der Waals surface area (Å²) in [5, 5.41) is 2.58. The van der Waals surface area contributed by atoms with Crippen LogP contribution in [0.15, 0.2) is 96.0 Å². The number of thiol groups is 1. The second-order valence-corrected chi connectivity index (χ2v) is 15.6. The standard InChI is InChI=1S/C24BF20.C23H19NS/c26-5-1(6(27)14(35)21(42)13(5)34)25(2-7(28)15(36)22(43)16(37)8(2)29,3-9(30)17(38)23(44)18(39)10(3)31)4-11(32)19(40)24(45)20(41)12(4)33;25-23-13-7-5-11-20(23)16-22-21-12-6-4-10-19(21)14-15-24(22)17-18-8-2-1-3-9-18/h;1-15H,16-17H2/q-1;/p+1. The molecule has 1 heterocycles. The Balaban J connectivity index is 0.000000242. The Kier molecular flexibility index (Phi) is 14.1. The second kappa shape index (κ2) is 19.4. The minimum Gasteiger partial charge on any atom is -0.207 e. The van der Waals surface area contributed by atoms with Gasteiger partial charge in [-0.15, -0.1) is 34.5 Å². The second-order valence-electron chi connectivity index (χ2n) is 15.1. The molecule has 8 aromatic rings. The van der Waals surface area contributed by atoms with Crippen molar-refractivity contribution in [3.63, 3.8) is 0 Å². The van der Waals surface area contributed by atoms with Crippen molar-refractivity contribution >= 4 is 51.4 Å². The Bertz CT molecular complexity index is 3030. The van der Waals surface area contributed by atoms with Gasteiger partial charge in [0.25, 0.3) is 0 Å². The molecule has 0 aliphatic carbocycles. The van der Waals surface area contributed by atoms with Gasteiger partial charge in [0.1, 0.15) is 52.7 Å². The molecule has 0 saturated carbocycles. The Hall–Kier alpha value is -7.04. The number of nitrogens with zero attached hydrogens (tertiary/aromatic N) is 1. The summed E-state index contributed by atoms with van der Waals surface area (Å²) in [6.07, 6.45) is -4.15. The van der Waals surface area contributed by atoms with Crippen molar-refractivity contribution in [3.8, 4) is 0 Å². The fraction of sp³-hybridized carbons (Fsp3) is 0.0426.